The van der Waals surface area contributed by atoms with Crippen molar-refractivity contribution in [1.82, 2.24) is 0 Å². The van der Waals surface area contributed by atoms with Gasteiger partial charge in [-0.25, -0.2) is 8.78 Å². The van der Waals surface area contributed by atoms with Crippen molar-refractivity contribution in [1.29, 1.82) is 0 Å². The predicted molar refractivity (Wildman–Crippen MR) is 72.8 cm³/mol. The first-order valence-electron chi connectivity index (χ1n) is 6.19. The second-order valence-electron chi connectivity index (χ2n) is 5.14. The molecule has 1 atom stereocenters. The maximum Gasteiger partial charge on any atom is 0.126 e. The number of hydrogen-bond donors (Lipinski definition) is 1. The van der Waals surface area contributed by atoms with Gasteiger partial charge in [-0.2, -0.15) is 0 Å². The molecule has 0 amide bonds. The normalized spacial score (nSPS) is 14.2. The number of hydrogen-bond acceptors (Lipinski definition) is 1. The highest BCUT2D eigenvalue weighted by Crippen LogP contribution is 2.26. The van der Waals surface area contributed by atoms with Gasteiger partial charge in [0, 0.05) is 5.54 Å². The molecule has 2 aromatic carbocycles. The van der Waals surface area contributed by atoms with Crippen LogP contribution in [0.2, 0.25) is 0 Å². The van der Waals surface area contributed by atoms with E-state index in [1.807, 2.05) is 38.1 Å². The molecule has 0 heterocycles. The SMILES string of the molecule is Cc1ccccc1C(C)(N)Cc1cc(F)ccc1F. The van der Waals surface area contributed by atoms with E-state index in [1.54, 1.807) is 0 Å². The van der Waals surface area contributed by atoms with Crippen molar-refractivity contribution < 1.29 is 8.78 Å². The minimum absolute atomic E-state index is 0.251. The number of rotatable bonds is 3. The third kappa shape index (κ3) is 2.99. The van der Waals surface area contributed by atoms with Crippen LogP contribution in [0.4, 0.5) is 8.78 Å². The van der Waals surface area contributed by atoms with E-state index in [0.717, 1.165) is 23.3 Å². The lowest BCUT2D eigenvalue weighted by atomic mass is 9.84. The summed E-state index contributed by atoms with van der Waals surface area (Å²) in [5, 5.41) is 0. The standard InChI is InChI=1S/C16H17F2N/c1-11-5-3-4-6-14(11)16(2,19)10-12-9-13(17)7-8-15(12)18/h3-9H,10,19H2,1-2H3. The highest BCUT2D eigenvalue weighted by Gasteiger charge is 2.24. The number of benzene rings is 2. The fourth-order valence-corrected chi connectivity index (χ4v) is 2.38. The van der Waals surface area contributed by atoms with Gasteiger partial charge in [0.05, 0.1) is 0 Å². The second kappa shape index (κ2) is 5.10. The largest absolute Gasteiger partial charge is 0.321 e. The summed E-state index contributed by atoms with van der Waals surface area (Å²) in [5.41, 5.74) is 7.85. The Balaban J connectivity index is 2.36. The number of halogens is 2. The minimum Gasteiger partial charge on any atom is -0.321 e. The fourth-order valence-electron chi connectivity index (χ4n) is 2.38. The van der Waals surface area contributed by atoms with E-state index in [1.165, 1.54) is 6.07 Å². The average molecular weight is 261 g/mol. The first kappa shape index (κ1) is 13.7. The van der Waals surface area contributed by atoms with Gasteiger partial charge < -0.3 is 5.73 Å². The monoisotopic (exact) mass is 261 g/mol. The molecule has 0 fully saturated rings. The van der Waals surface area contributed by atoms with Crippen LogP contribution in [0.25, 0.3) is 0 Å². The molecule has 2 N–H and O–H groups in total. The Morgan fingerprint density at radius 2 is 1.79 bits per heavy atom. The van der Waals surface area contributed by atoms with Crippen molar-refractivity contribution in [2.75, 3.05) is 0 Å². The van der Waals surface area contributed by atoms with Gasteiger partial charge in [0.15, 0.2) is 0 Å². The maximum absolute atomic E-state index is 13.7. The highest BCUT2D eigenvalue weighted by atomic mass is 19.1. The molecule has 100 valence electrons. The molecule has 1 nitrogen and oxygen atoms in total. The molecule has 2 aromatic rings. The molecule has 0 aliphatic heterocycles. The van der Waals surface area contributed by atoms with E-state index in [9.17, 15) is 8.78 Å². The molecule has 0 saturated heterocycles. The minimum atomic E-state index is -0.736. The van der Waals surface area contributed by atoms with E-state index in [4.69, 9.17) is 5.73 Å². The van der Waals surface area contributed by atoms with Crippen LogP contribution in [0.15, 0.2) is 42.5 Å². The third-order valence-electron chi connectivity index (χ3n) is 3.33. The van der Waals surface area contributed by atoms with Gasteiger partial charge in [-0.05, 0) is 55.2 Å². The summed E-state index contributed by atoms with van der Waals surface area (Å²) in [5.74, 6) is -0.872. The molecule has 19 heavy (non-hydrogen) atoms. The summed E-state index contributed by atoms with van der Waals surface area (Å²) in [4.78, 5) is 0. The molecule has 0 aliphatic rings. The van der Waals surface area contributed by atoms with Gasteiger partial charge in [-0.15, -0.1) is 0 Å². The molecule has 0 spiro atoms. The smallest absolute Gasteiger partial charge is 0.126 e. The van der Waals surface area contributed by atoms with Crippen molar-refractivity contribution in [2.45, 2.75) is 25.8 Å². The van der Waals surface area contributed by atoms with Gasteiger partial charge in [0.25, 0.3) is 0 Å². The zero-order chi connectivity index (χ0) is 14.0. The lowest BCUT2D eigenvalue weighted by Crippen LogP contribution is -2.36. The molecular formula is C16H17F2N. The third-order valence-corrected chi connectivity index (χ3v) is 3.33. The van der Waals surface area contributed by atoms with Crippen LogP contribution in [0.5, 0.6) is 0 Å². The van der Waals surface area contributed by atoms with Crippen molar-refractivity contribution in [3.63, 3.8) is 0 Å². The Bertz CT molecular complexity index is 591. The van der Waals surface area contributed by atoms with E-state index in [2.05, 4.69) is 0 Å². The Morgan fingerprint density at radius 3 is 2.47 bits per heavy atom. The lowest BCUT2D eigenvalue weighted by Gasteiger charge is -2.27. The fraction of sp³-hybridized carbons (Fsp3) is 0.250. The van der Waals surface area contributed by atoms with Crippen molar-refractivity contribution in [3.8, 4) is 0 Å². The summed E-state index contributed by atoms with van der Waals surface area (Å²) < 4.78 is 26.9. The second-order valence-corrected chi connectivity index (χ2v) is 5.14. The Hall–Kier alpha value is -1.74. The zero-order valence-electron chi connectivity index (χ0n) is 11.1. The first-order valence-corrected chi connectivity index (χ1v) is 6.19. The van der Waals surface area contributed by atoms with Crippen molar-refractivity contribution in [3.05, 3.63) is 70.8 Å². The van der Waals surface area contributed by atoms with Crippen LogP contribution < -0.4 is 5.73 Å². The van der Waals surface area contributed by atoms with Gasteiger partial charge >= 0.3 is 0 Å². The summed E-state index contributed by atoms with van der Waals surface area (Å²) >= 11 is 0. The molecule has 3 heteroatoms. The van der Waals surface area contributed by atoms with E-state index < -0.39 is 17.2 Å². The zero-order valence-corrected chi connectivity index (χ0v) is 11.1. The molecule has 0 aliphatic carbocycles. The molecule has 2 rings (SSSR count). The van der Waals surface area contributed by atoms with Crippen molar-refractivity contribution in [2.24, 2.45) is 5.73 Å². The first-order chi connectivity index (χ1) is 8.90. The predicted octanol–water partition coefficient (Wildman–Crippen LogP) is 3.69. The molecular weight excluding hydrogens is 244 g/mol. The van der Waals surface area contributed by atoms with E-state index in [0.29, 0.717) is 5.56 Å². The molecule has 1 unspecified atom stereocenters. The Kier molecular flexibility index (Phi) is 3.67. The van der Waals surface area contributed by atoms with Crippen LogP contribution in [0.1, 0.15) is 23.6 Å². The van der Waals surface area contributed by atoms with Crippen LogP contribution >= 0.6 is 0 Å². The number of aryl methyl sites for hydroxylation is 1. The number of nitrogens with two attached hydrogens (primary N) is 1. The summed E-state index contributed by atoms with van der Waals surface area (Å²) in [6.07, 6.45) is 0.251. The summed E-state index contributed by atoms with van der Waals surface area (Å²) in [7, 11) is 0. The summed E-state index contributed by atoms with van der Waals surface area (Å²) in [6, 6.07) is 11.2. The van der Waals surface area contributed by atoms with Gasteiger partial charge in [0.2, 0.25) is 0 Å². The van der Waals surface area contributed by atoms with E-state index in [-0.39, 0.29) is 6.42 Å². The summed E-state index contributed by atoms with van der Waals surface area (Å²) in [6.45, 7) is 3.79. The van der Waals surface area contributed by atoms with E-state index >= 15 is 0 Å². The Labute approximate surface area is 112 Å². The van der Waals surface area contributed by atoms with Gasteiger partial charge in [0.1, 0.15) is 11.6 Å². The topological polar surface area (TPSA) is 26.0 Å². The quantitative estimate of drug-likeness (QED) is 0.896. The van der Waals surface area contributed by atoms with Crippen LogP contribution in [-0.2, 0) is 12.0 Å². The van der Waals surface area contributed by atoms with Crippen molar-refractivity contribution >= 4 is 0 Å². The van der Waals surface area contributed by atoms with Gasteiger partial charge in [-0.1, -0.05) is 24.3 Å². The van der Waals surface area contributed by atoms with Crippen LogP contribution in [0, 0.1) is 18.6 Å². The Morgan fingerprint density at radius 1 is 1.11 bits per heavy atom. The maximum atomic E-state index is 13.7. The van der Waals surface area contributed by atoms with Crippen LogP contribution in [0.3, 0.4) is 0 Å². The molecule has 0 saturated carbocycles. The van der Waals surface area contributed by atoms with Crippen LogP contribution in [-0.4, -0.2) is 0 Å². The highest BCUT2D eigenvalue weighted by molar-refractivity contribution is 5.34. The molecule has 0 aromatic heterocycles. The van der Waals surface area contributed by atoms with Gasteiger partial charge in [-0.3, -0.25) is 0 Å². The molecule has 0 bridgehead atoms. The molecule has 0 radical (unpaired) electrons. The lowest BCUT2D eigenvalue weighted by molar-refractivity contribution is 0.470. The average Bonchev–Trinajstić information content (AvgIpc) is 2.34.